The van der Waals surface area contributed by atoms with Crippen molar-refractivity contribution >= 4 is 21.8 Å². The summed E-state index contributed by atoms with van der Waals surface area (Å²) in [4.78, 5) is 13.8. The van der Waals surface area contributed by atoms with Crippen molar-refractivity contribution in [1.29, 1.82) is 0 Å². The molecular formula is C14H21BrN2O. The van der Waals surface area contributed by atoms with Crippen LogP contribution in [-0.4, -0.2) is 29.9 Å². The van der Waals surface area contributed by atoms with Gasteiger partial charge in [0.1, 0.15) is 0 Å². The fourth-order valence-electron chi connectivity index (χ4n) is 1.66. The maximum Gasteiger partial charge on any atom is 0.234 e. The number of rotatable bonds is 4. The molecule has 0 unspecified atom stereocenters. The van der Waals surface area contributed by atoms with E-state index in [1.165, 1.54) is 5.56 Å². The second-order valence-electron chi connectivity index (χ2n) is 5.60. The first kappa shape index (κ1) is 15.2. The Bertz CT molecular complexity index is 395. The van der Waals surface area contributed by atoms with Crippen molar-refractivity contribution in [3.05, 3.63) is 34.3 Å². The van der Waals surface area contributed by atoms with Crippen molar-refractivity contribution in [2.75, 3.05) is 13.6 Å². The van der Waals surface area contributed by atoms with Crippen molar-refractivity contribution in [2.24, 2.45) is 0 Å². The van der Waals surface area contributed by atoms with Crippen molar-refractivity contribution in [3.8, 4) is 0 Å². The normalized spacial score (nSPS) is 11.7. The third kappa shape index (κ3) is 6.17. The molecule has 0 heterocycles. The van der Waals surface area contributed by atoms with E-state index in [9.17, 15) is 4.79 Å². The number of halogens is 1. The lowest BCUT2D eigenvalue weighted by atomic mass is 10.1. The van der Waals surface area contributed by atoms with Gasteiger partial charge in [0.2, 0.25) is 5.91 Å². The van der Waals surface area contributed by atoms with Crippen molar-refractivity contribution < 1.29 is 4.79 Å². The van der Waals surface area contributed by atoms with E-state index in [0.717, 1.165) is 11.0 Å². The highest BCUT2D eigenvalue weighted by molar-refractivity contribution is 9.10. The van der Waals surface area contributed by atoms with Crippen molar-refractivity contribution in [2.45, 2.75) is 32.9 Å². The van der Waals surface area contributed by atoms with Crippen LogP contribution in [0.3, 0.4) is 0 Å². The predicted molar refractivity (Wildman–Crippen MR) is 78.4 cm³/mol. The lowest BCUT2D eigenvalue weighted by Crippen LogP contribution is -2.45. The zero-order valence-electron chi connectivity index (χ0n) is 11.5. The Labute approximate surface area is 118 Å². The van der Waals surface area contributed by atoms with E-state index >= 15 is 0 Å². The van der Waals surface area contributed by atoms with Gasteiger partial charge in [0.15, 0.2) is 0 Å². The van der Waals surface area contributed by atoms with Crippen molar-refractivity contribution in [3.63, 3.8) is 0 Å². The average Bonchev–Trinajstić information content (AvgIpc) is 2.18. The van der Waals surface area contributed by atoms with Gasteiger partial charge in [0.25, 0.3) is 0 Å². The summed E-state index contributed by atoms with van der Waals surface area (Å²) >= 11 is 3.41. The van der Waals surface area contributed by atoms with Crippen LogP contribution in [0, 0.1) is 0 Å². The molecule has 1 N–H and O–H groups in total. The summed E-state index contributed by atoms with van der Waals surface area (Å²) in [6.45, 7) is 7.14. The zero-order valence-corrected chi connectivity index (χ0v) is 13.0. The van der Waals surface area contributed by atoms with E-state index in [1.807, 2.05) is 44.9 Å². The van der Waals surface area contributed by atoms with Gasteiger partial charge >= 0.3 is 0 Å². The first-order chi connectivity index (χ1) is 8.26. The molecule has 0 aromatic heterocycles. The highest BCUT2D eigenvalue weighted by Gasteiger charge is 2.14. The fourth-order valence-corrected chi connectivity index (χ4v) is 1.92. The van der Waals surface area contributed by atoms with E-state index in [0.29, 0.717) is 6.54 Å². The van der Waals surface area contributed by atoms with E-state index in [-0.39, 0.29) is 11.4 Å². The minimum absolute atomic E-state index is 0.0575. The molecule has 0 saturated heterocycles. The van der Waals surface area contributed by atoms with Crippen LogP contribution in [-0.2, 0) is 11.3 Å². The minimum Gasteiger partial charge on any atom is -0.350 e. The molecule has 18 heavy (non-hydrogen) atoms. The molecular weight excluding hydrogens is 292 g/mol. The molecule has 1 aromatic carbocycles. The SMILES string of the molecule is CN(CC(=O)NC(C)(C)C)Cc1ccc(Br)cc1. The molecule has 0 atom stereocenters. The molecule has 0 aliphatic heterocycles. The van der Waals surface area contributed by atoms with Crippen LogP contribution in [0.4, 0.5) is 0 Å². The van der Waals surface area contributed by atoms with Gasteiger partial charge < -0.3 is 5.32 Å². The molecule has 1 amide bonds. The number of likely N-dealkylation sites (N-methyl/N-ethyl adjacent to an activating group) is 1. The third-order valence-electron chi connectivity index (χ3n) is 2.29. The number of nitrogens with zero attached hydrogens (tertiary/aromatic N) is 1. The van der Waals surface area contributed by atoms with Crippen LogP contribution >= 0.6 is 15.9 Å². The van der Waals surface area contributed by atoms with Crippen molar-refractivity contribution in [1.82, 2.24) is 10.2 Å². The summed E-state index contributed by atoms with van der Waals surface area (Å²) in [6.07, 6.45) is 0. The summed E-state index contributed by atoms with van der Waals surface area (Å²) in [5.41, 5.74) is 1.03. The van der Waals surface area contributed by atoms with Gasteiger partial charge in [-0.2, -0.15) is 0 Å². The summed E-state index contributed by atoms with van der Waals surface area (Å²) in [7, 11) is 1.95. The molecule has 0 saturated carbocycles. The summed E-state index contributed by atoms with van der Waals surface area (Å²) in [6, 6.07) is 8.14. The summed E-state index contributed by atoms with van der Waals surface area (Å²) in [5, 5.41) is 2.96. The Hall–Kier alpha value is -0.870. The Kier molecular flexibility index (Phi) is 5.35. The molecule has 0 fully saturated rings. The molecule has 0 spiro atoms. The van der Waals surface area contributed by atoms with Crippen LogP contribution in [0.5, 0.6) is 0 Å². The number of carbonyl (C=O) groups is 1. The average molecular weight is 313 g/mol. The van der Waals surface area contributed by atoms with Crippen LogP contribution in [0.15, 0.2) is 28.7 Å². The molecule has 100 valence electrons. The fraction of sp³-hybridized carbons (Fsp3) is 0.500. The van der Waals surface area contributed by atoms with Gasteiger partial charge in [0.05, 0.1) is 6.54 Å². The summed E-state index contributed by atoms with van der Waals surface area (Å²) < 4.78 is 1.07. The topological polar surface area (TPSA) is 32.3 Å². The Morgan fingerprint density at radius 3 is 2.33 bits per heavy atom. The second-order valence-corrected chi connectivity index (χ2v) is 6.51. The number of hydrogen-bond acceptors (Lipinski definition) is 2. The Morgan fingerprint density at radius 1 is 1.28 bits per heavy atom. The minimum atomic E-state index is -0.171. The van der Waals surface area contributed by atoms with Gasteiger partial charge in [-0.05, 0) is 45.5 Å². The highest BCUT2D eigenvalue weighted by atomic mass is 79.9. The molecule has 1 rings (SSSR count). The Morgan fingerprint density at radius 2 is 1.83 bits per heavy atom. The van der Waals surface area contributed by atoms with E-state index in [4.69, 9.17) is 0 Å². The predicted octanol–water partition coefficient (Wildman–Crippen LogP) is 2.80. The van der Waals surface area contributed by atoms with Gasteiger partial charge in [-0.1, -0.05) is 28.1 Å². The van der Waals surface area contributed by atoms with Crippen LogP contribution in [0.25, 0.3) is 0 Å². The second kappa shape index (κ2) is 6.34. The van der Waals surface area contributed by atoms with Crippen LogP contribution in [0.1, 0.15) is 26.3 Å². The molecule has 4 heteroatoms. The van der Waals surface area contributed by atoms with Crippen LogP contribution < -0.4 is 5.32 Å². The third-order valence-corrected chi connectivity index (χ3v) is 2.82. The highest BCUT2D eigenvalue weighted by Crippen LogP contribution is 2.11. The molecule has 1 aromatic rings. The largest absolute Gasteiger partial charge is 0.350 e. The smallest absolute Gasteiger partial charge is 0.234 e. The first-order valence-electron chi connectivity index (χ1n) is 6.00. The lowest BCUT2D eigenvalue weighted by molar-refractivity contribution is -0.123. The zero-order chi connectivity index (χ0) is 13.8. The van der Waals surface area contributed by atoms with Gasteiger partial charge in [-0.25, -0.2) is 0 Å². The monoisotopic (exact) mass is 312 g/mol. The molecule has 0 radical (unpaired) electrons. The number of hydrogen-bond donors (Lipinski definition) is 1. The maximum atomic E-state index is 11.8. The maximum absolute atomic E-state index is 11.8. The summed E-state index contributed by atoms with van der Waals surface area (Å²) in [5.74, 6) is 0.0575. The molecule has 3 nitrogen and oxygen atoms in total. The standard InChI is InChI=1S/C14H21BrN2O/c1-14(2,3)16-13(18)10-17(4)9-11-5-7-12(15)8-6-11/h5-8H,9-10H2,1-4H3,(H,16,18). The van der Waals surface area contributed by atoms with E-state index in [1.54, 1.807) is 0 Å². The van der Waals surface area contributed by atoms with Gasteiger partial charge in [-0.15, -0.1) is 0 Å². The number of amides is 1. The molecule has 0 bridgehead atoms. The van der Waals surface area contributed by atoms with E-state index < -0.39 is 0 Å². The first-order valence-corrected chi connectivity index (χ1v) is 6.79. The van der Waals surface area contributed by atoms with E-state index in [2.05, 4.69) is 33.4 Å². The molecule has 0 aliphatic carbocycles. The quantitative estimate of drug-likeness (QED) is 0.927. The number of benzene rings is 1. The Balaban J connectivity index is 2.44. The van der Waals surface area contributed by atoms with Gasteiger partial charge in [-0.3, -0.25) is 9.69 Å². The number of carbonyl (C=O) groups excluding carboxylic acids is 1. The van der Waals surface area contributed by atoms with Crippen LogP contribution in [0.2, 0.25) is 0 Å². The van der Waals surface area contributed by atoms with Gasteiger partial charge in [0, 0.05) is 16.6 Å². The molecule has 0 aliphatic rings. The lowest BCUT2D eigenvalue weighted by Gasteiger charge is -2.23. The number of nitrogens with one attached hydrogen (secondary N) is 1.